The van der Waals surface area contributed by atoms with Crippen molar-refractivity contribution in [2.45, 2.75) is 59.1 Å². The van der Waals surface area contributed by atoms with E-state index in [0.29, 0.717) is 5.92 Å². The summed E-state index contributed by atoms with van der Waals surface area (Å²) in [7, 11) is 0. The number of carbonyl (C=O) groups is 1. The van der Waals surface area contributed by atoms with Crippen LogP contribution in [0, 0.1) is 0 Å². The molecule has 3 nitrogen and oxygen atoms in total. The van der Waals surface area contributed by atoms with Crippen LogP contribution in [0.25, 0.3) is 10.9 Å². The van der Waals surface area contributed by atoms with E-state index in [1.54, 1.807) is 0 Å². The van der Waals surface area contributed by atoms with E-state index in [0.717, 1.165) is 11.9 Å². The summed E-state index contributed by atoms with van der Waals surface area (Å²) in [6, 6.07) is 8.28. The van der Waals surface area contributed by atoms with Crippen LogP contribution in [0.3, 0.4) is 0 Å². The second-order valence-electron chi connectivity index (χ2n) is 6.11. The fourth-order valence-corrected chi connectivity index (χ4v) is 2.60. The molecule has 3 heteroatoms. The lowest BCUT2D eigenvalue weighted by molar-refractivity contribution is -0.151. The normalized spacial score (nSPS) is 13.1. The lowest BCUT2D eigenvalue weighted by atomic mass is 10.0. The third-order valence-electron chi connectivity index (χ3n) is 3.76. The van der Waals surface area contributed by atoms with Crippen molar-refractivity contribution in [1.82, 2.24) is 4.57 Å². The van der Waals surface area contributed by atoms with Gasteiger partial charge in [-0.25, -0.2) is 4.79 Å². The quantitative estimate of drug-likeness (QED) is 0.748. The van der Waals surface area contributed by atoms with Crippen LogP contribution in [0.5, 0.6) is 0 Å². The molecule has 1 unspecified atom stereocenters. The molecule has 2 aromatic rings. The summed E-state index contributed by atoms with van der Waals surface area (Å²) in [5.41, 5.74) is 2.41. The number of hydrogen-bond donors (Lipinski definition) is 0. The van der Waals surface area contributed by atoms with Gasteiger partial charge >= 0.3 is 5.97 Å². The van der Waals surface area contributed by atoms with Gasteiger partial charge in [0.15, 0.2) is 0 Å². The highest BCUT2D eigenvalue weighted by atomic mass is 16.5. The zero-order chi connectivity index (χ0) is 15.6. The second-order valence-corrected chi connectivity index (χ2v) is 6.11. The molecule has 0 saturated heterocycles. The first-order valence-corrected chi connectivity index (χ1v) is 7.75. The molecule has 2 rings (SSSR count). The Morgan fingerprint density at radius 1 is 1.19 bits per heavy atom. The summed E-state index contributed by atoms with van der Waals surface area (Å²) >= 11 is 0. The number of aromatic nitrogens is 1. The van der Waals surface area contributed by atoms with Crippen LogP contribution in [0.15, 0.2) is 30.5 Å². The van der Waals surface area contributed by atoms with E-state index in [9.17, 15) is 4.79 Å². The van der Waals surface area contributed by atoms with Crippen molar-refractivity contribution in [1.29, 1.82) is 0 Å². The molecule has 21 heavy (non-hydrogen) atoms. The molecule has 0 N–H and O–H groups in total. The number of esters is 1. The Morgan fingerprint density at radius 2 is 1.90 bits per heavy atom. The van der Waals surface area contributed by atoms with Gasteiger partial charge in [0, 0.05) is 11.7 Å². The van der Waals surface area contributed by atoms with Crippen molar-refractivity contribution in [2.75, 3.05) is 0 Å². The van der Waals surface area contributed by atoms with Gasteiger partial charge in [-0.1, -0.05) is 26.8 Å². The van der Waals surface area contributed by atoms with Gasteiger partial charge in [-0.05, 0) is 55.3 Å². The molecule has 0 saturated carbocycles. The van der Waals surface area contributed by atoms with E-state index in [1.807, 2.05) is 31.5 Å². The summed E-state index contributed by atoms with van der Waals surface area (Å²) in [6.45, 7) is 10.2. The van der Waals surface area contributed by atoms with Crippen LogP contribution in [-0.4, -0.2) is 16.6 Å². The minimum absolute atomic E-state index is 0.0825. The largest absolute Gasteiger partial charge is 0.461 e. The van der Waals surface area contributed by atoms with Crippen molar-refractivity contribution in [3.05, 3.63) is 36.0 Å². The molecule has 1 aromatic carbocycles. The molecule has 0 spiro atoms. The molecule has 0 aliphatic heterocycles. The maximum Gasteiger partial charge on any atom is 0.329 e. The molecule has 1 aromatic heterocycles. The lowest BCUT2D eigenvalue weighted by Crippen LogP contribution is -2.23. The summed E-state index contributed by atoms with van der Waals surface area (Å²) in [5.74, 6) is 0.351. The third kappa shape index (κ3) is 3.29. The molecule has 0 aliphatic rings. The number of hydrogen-bond acceptors (Lipinski definition) is 2. The van der Waals surface area contributed by atoms with E-state index in [1.165, 1.54) is 10.9 Å². The van der Waals surface area contributed by atoms with E-state index in [4.69, 9.17) is 4.74 Å². The second kappa shape index (κ2) is 6.33. The summed E-state index contributed by atoms with van der Waals surface area (Å²) < 4.78 is 7.41. The summed E-state index contributed by atoms with van der Waals surface area (Å²) in [4.78, 5) is 12.3. The van der Waals surface area contributed by atoms with Crippen molar-refractivity contribution in [2.24, 2.45) is 0 Å². The minimum atomic E-state index is -0.255. The van der Waals surface area contributed by atoms with Gasteiger partial charge in [0.2, 0.25) is 0 Å². The zero-order valence-electron chi connectivity index (χ0n) is 13.6. The Bertz CT molecular complexity index is 625. The number of carbonyl (C=O) groups excluding carboxylic acids is 1. The molecule has 0 amide bonds. The molecular weight excluding hydrogens is 262 g/mol. The van der Waals surface area contributed by atoms with Crippen LogP contribution < -0.4 is 0 Å². The highest BCUT2D eigenvalue weighted by Gasteiger charge is 2.22. The summed E-state index contributed by atoms with van der Waals surface area (Å²) in [6.07, 6.45) is 2.63. The topological polar surface area (TPSA) is 31.2 Å². The molecule has 0 aliphatic carbocycles. The predicted molar refractivity (Wildman–Crippen MR) is 86.6 cm³/mol. The Kier molecular flexibility index (Phi) is 4.71. The monoisotopic (exact) mass is 287 g/mol. The maximum absolute atomic E-state index is 12.3. The SMILES string of the molecule is CCC(C(=O)OC(C)C)n1ccc2cc(C(C)C)ccc21. The van der Waals surface area contributed by atoms with E-state index < -0.39 is 0 Å². The van der Waals surface area contributed by atoms with Crippen LogP contribution in [0.2, 0.25) is 0 Å². The molecular formula is C18H25NO2. The lowest BCUT2D eigenvalue weighted by Gasteiger charge is -2.19. The standard InChI is InChI=1S/C18H25NO2/c1-6-16(18(20)21-13(4)5)19-10-9-15-11-14(12(2)3)7-8-17(15)19/h7-13,16H,6H2,1-5H3. The first-order valence-electron chi connectivity index (χ1n) is 7.75. The number of ether oxygens (including phenoxy) is 1. The van der Waals surface area contributed by atoms with E-state index in [-0.39, 0.29) is 18.1 Å². The fraction of sp³-hybridized carbons (Fsp3) is 0.500. The van der Waals surface area contributed by atoms with E-state index >= 15 is 0 Å². The Hall–Kier alpha value is -1.77. The van der Waals surface area contributed by atoms with Crippen molar-refractivity contribution < 1.29 is 9.53 Å². The van der Waals surface area contributed by atoms with Crippen molar-refractivity contribution in [3.63, 3.8) is 0 Å². The number of rotatable bonds is 5. The molecule has 1 heterocycles. The molecule has 0 bridgehead atoms. The zero-order valence-corrected chi connectivity index (χ0v) is 13.6. The average molecular weight is 287 g/mol. The van der Waals surface area contributed by atoms with Gasteiger partial charge < -0.3 is 9.30 Å². The molecule has 0 fully saturated rings. The van der Waals surface area contributed by atoms with Gasteiger partial charge in [0.05, 0.1) is 6.10 Å². The average Bonchev–Trinajstić information content (AvgIpc) is 2.82. The van der Waals surface area contributed by atoms with Crippen molar-refractivity contribution in [3.8, 4) is 0 Å². The van der Waals surface area contributed by atoms with Gasteiger partial charge in [-0.15, -0.1) is 0 Å². The number of fused-ring (bicyclic) bond motifs is 1. The molecule has 114 valence electrons. The first-order chi connectivity index (χ1) is 9.93. The highest BCUT2D eigenvalue weighted by Crippen LogP contribution is 2.26. The Balaban J connectivity index is 2.38. The minimum Gasteiger partial charge on any atom is -0.461 e. The maximum atomic E-state index is 12.3. The van der Waals surface area contributed by atoms with Gasteiger partial charge in [-0.2, -0.15) is 0 Å². The molecule has 0 radical (unpaired) electrons. The van der Waals surface area contributed by atoms with Crippen LogP contribution in [0.1, 0.15) is 58.6 Å². The predicted octanol–water partition coefficient (Wildman–Crippen LogP) is 4.67. The van der Waals surface area contributed by atoms with Crippen LogP contribution >= 0.6 is 0 Å². The Morgan fingerprint density at radius 3 is 2.48 bits per heavy atom. The summed E-state index contributed by atoms with van der Waals surface area (Å²) in [5, 5.41) is 1.18. The van der Waals surface area contributed by atoms with Gasteiger partial charge in [0.25, 0.3) is 0 Å². The highest BCUT2D eigenvalue weighted by molar-refractivity contribution is 5.84. The van der Waals surface area contributed by atoms with Crippen LogP contribution in [0.4, 0.5) is 0 Å². The van der Waals surface area contributed by atoms with E-state index in [2.05, 4.69) is 38.1 Å². The van der Waals surface area contributed by atoms with Crippen LogP contribution in [-0.2, 0) is 9.53 Å². The number of benzene rings is 1. The fourth-order valence-electron chi connectivity index (χ4n) is 2.60. The van der Waals surface area contributed by atoms with Gasteiger partial charge in [-0.3, -0.25) is 0 Å². The molecule has 1 atom stereocenters. The Labute approximate surface area is 126 Å². The first kappa shape index (κ1) is 15.6. The van der Waals surface area contributed by atoms with Crippen molar-refractivity contribution >= 4 is 16.9 Å². The van der Waals surface area contributed by atoms with Gasteiger partial charge in [0.1, 0.15) is 6.04 Å². The smallest absolute Gasteiger partial charge is 0.329 e. The number of nitrogens with zero attached hydrogens (tertiary/aromatic N) is 1. The third-order valence-corrected chi connectivity index (χ3v) is 3.76.